The first-order valence-corrected chi connectivity index (χ1v) is 11.3. The van der Waals surface area contributed by atoms with Crippen LogP contribution >= 0.6 is 0 Å². The van der Waals surface area contributed by atoms with Crippen molar-refractivity contribution in [1.29, 1.82) is 0 Å². The van der Waals surface area contributed by atoms with Crippen LogP contribution in [0, 0.1) is 5.82 Å². The predicted octanol–water partition coefficient (Wildman–Crippen LogP) is 1.91. The number of phenols is 1. The number of rotatable bonds is 7. The van der Waals surface area contributed by atoms with Gasteiger partial charge in [0.05, 0.1) is 18.6 Å². The summed E-state index contributed by atoms with van der Waals surface area (Å²) in [5, 5.41) is 9.49. The second-order valence-corrected chi connectivity index (χ2v) is 8.64. The van der Waals surface area contributed by atoms with E-state index in [-0.39, 0.29) is 43.2 Å². The summed E-state index contributed by atoms with van der Waals surface area (Å²) < 4.78 is 19.9. The van der Waals surface area contributed by atoms with Crippen molar-refractivity contribution in [2.75, 3.05) is 51.3 Å². The van der Waals surface area contributed by atoms with Gasteiger partial charge in [0.1, 0.15) is 11.6 Å². The smallest absolute Gasteiger partial charge is 0.241 e. The van der Waals surface area contributed by atoms with Crippen molar-refractivity contribution in [3.05, 3.63) is 59.9 Å². The minimum atomic E-state index is -1.57. The number of benzene rings is 2. The summed E-state index contributed by atoms with van der Waals surface area (Å²) in [6, 6.07) is 12.7. The van der Waals surface area contributed by atoms with E-state index in [0.717, 1.165) is 10.6 Å². The van der Waals surface area contributed by atoms with Gasteiger partial charge in [0.25, 0.3) is 0 Å². The lowest BCUT2D eigenvalue weighted by atomic mass is 9.75. The third kappa shape index (κ3) is 4.48. The molecule has 0 aliphatic carbocycles. The van der Waals surface area contributed by atoms with Crippen LogP contribution in [0.2, 0.25) is 0 Å². The van der Waals surface area contributed by atoms with E-state index in [9.17, 15) is 23.9 Å². The van der Waals surface area contributed by atoms with Gasteiger partial charge < -0.3 is 19.6 Å². The highest BCUT2D eigenvalue weighted by molar-refractivity contribution is 6.10. The number of amides is 3. The standard InChI is InChI=1S/C25H28FN3O5/c1-34-15-14-29-23(32)17-25(24(29)33,20-4-2-3-5-21(20)26)16-22(31)28-12-10-27(11-13-28)18-6-8-19(30)9-7-18/h2-9,30H,10-17H2,1H3/t25-/m0/s1. The van der Waals surface area contributed by atoms with Crippen LogP contribution in [0.15, 0.2) is 48.5 Å². The predicted molar refractivity (Wildman–Crippen MR) is 123 cm³/mol. The summed E-state index contributed by atoms with van der Waals surface area (Å²) in [6.45, 7) is 2.25. The minimum absolute atomic E-state index is 0.0594. The number of likely N-dealkylation sites (tertiary alicyclic amines) is 1. The van der Waals surface area contributed by atoms with Gasteiger partial charge in [-0.2, -0.15) is 0 Å². The number of nitrogens with zero attached hydrogens (tertiary/aromatic N) is 3. The fourth-order valence-corrected chi connectivity index (χ4v) is 4.75. The summed E-state index contributed by atoms with van der Waals surface area (Å²) in [6.07, 6.45) is -0.531. The highest BCUT2D eigenvalue weighted by atomic mass is 19.1. The van der Waals surface area contributed by atoms with E-state index in [4.69, 9.17) is 4.74 Å². The molecule has 2 aromatic rings. The zero-order valence-electron chi connectivity index (χ0n) is 19.1. The van der Waals surface area contributed by atoms with Crippen LogP contribution < -0.4 is 4.90 Å². The molecule has 9 heteroatoms. The molecule has 0 saturated carbocycles. The molecule has 2 aliphatic heterocycles. The summed E-state index contributed by atoms with van der Waals surface area (Å²) in [4.78, 5) is 44.4. The van der Waals surface area contributed by atoms with Gasteiger partial charge in [-0.05, 0) is 30.3 Å². The molecule has 0 bridgehead atoms. The van der Waals surface area contributed by atoms with Crippen molar-refractivity contribution in [1.82, 2.24) is 9.80 Å². The Morgan fingerprint density at radius 3 is 2.38 bits per heavy atom. The maximum atomic E-state index is 14.9. The molecule has 0 radical (unpaired) electrons. The normalized spacial score (nSPS) is 20.8. The van der Waals surface area contributed by atoms with Crippen molar-refractivity contribution >= 4 is 23.4 Å². The van der Waals surface area contributed by atoms with E-state index in [1.165, 1.54) is 25.3 Å². The topological polar surface area (TPSA) is 90.4 Å². The number of carbonyl (C=O) groups is 3. The van der Waals surface area contributed by atoms with Crippen LogP contribution in [0.4, 0.5) is 10.1 Å². The molecule has 2 saturated heterocycles. The molecule has 180 valence electrons. The number of carbonyl (C=O) groups excluding carboxylic acids is 3. The lowest BCUT2D eigenvalue weighted by molar-refractivity contribution is -0.143. The molecule has 0 spiro atoms. The monoisotopic (exact) mass is 469 g/mol. The number of piperazine rings is 1. The molecule has 1 N–H and O–H groups in total. The van der Waals surface area contributed by atoms with E-state index in [2.05, 4.69) is 4.90 Å². The third-order valence-corrected chi connectivity index (χ3v) is 6.62. The molecule has 4 rings (SSSR count). The Kier molecular flexibility index (Phi) is 6.83. The maximum absolute atomic E-state index is 14.9. The molecule has 34 heavy (non-hydrogen) atoms. The van der Waals surface area contributed by atoms with E-state index < -0.39 is 23.0 Å². The van der Waals surface area contributed by atoms with Crippen molar-refractivity contribution < 1.29 is 28.6 Å². The van der Waals surface area contributed by atoms with Gasteiger partial charge in [-0.3, -0.25) is 19.3 Å². The van der Waals surface area contributed by atoms with Crippen LogP contribution in [-0.2, 0) is 24.5 Å². The van der Waals surface area contributed by atoms with E-state index in [1.807, 2.05) is 12.1 Å². The molecule has 0 unspecified atom stereocenters. The van der Waals surface area contributed by atoms with Crippen molar-refractivity contribution in [2.24, 2.45) is 0 Å². The SMILES string of the molecule is COCCN1C(=O)C[C@@](CC(=O)N2CCN(c3ccc(O)cc3)CC2)(c2ccccc2F)C1=O. The molecule has 2 heterocycles. The number of halogens is 1. The highest BCUT2D eigenvalue weighted by Crippen LogP contribution is 2.41. The molecule has 2 aromatic carbocycles. The van der Waals surface area contributed by atoms with Crippen molar-refractivity contribution in [3.63, 3.8) is 0 Å². The average Bonchev–Trinajstić information content (AvgIpc) is 3.07. The Hall–Kier alpha value is -3.46. The van der Waals surface area contributed by atoms with Crippen LogP contribution in [0.1, 0.15) is 18.4 Å². The van der Waals surface area contributed by atoms with Crippen molar-refractivity contribution in [3.8, 4) is 5.75 Å². The molecule has 8 nitrogen and oxygen atoms in total. The average molecular weight is 470 g/mol. The van der Waals surface area contributed by atoms with Crippen LogP contribution in [0.5, 0.6) is 5.75 Å². The molecular formula is C25H28FN3O5. The summed E-state index contributed by atoms with van der Waals surface area (Å²) >= 11 is 0. The van der Waals surface area contributed by atoms with Gasteiger partial charge in [0.2, 0.25) is 17.7 Å². The second kappa shape index (κ2) is 9.80. The zero-order chi connectivity index (χ0) is 24.3. The second-order valence-electron chi connectivity index (χ2n) is 8.64. The van der Waals surface area contributed by atoms with Crippen molar-refractivity contribution in [2.45, 2.75) is 18.3 Å². The Labute approximate surface area is 197 Å². The minimum Gasteiger partial charge on any atom is -0.508 e. The fraction of sp³-hybridized carbons (Fsp3) is 0.400. The lowest BCUT2D eigenvalue weighted by Crippen LogP contribution is -2.51. The summed E-state index contributed by atoms with van der Waals surface area (Å²) in [5.74, 6) is -1.71. The van der Waals surface area contributed by atoms with Crippen LogP contribution in [0.3, 0.4) is 0 Å². The summed E-state index contributed by atoms with van der Waals surface area (Å²) in [7, 11) is 1.47. The number of ether oxygens (including phenoxy) is 1. The quantitative estimate of drug-likeness (QED) is 0.623. The number of anilines is 1. The van der Waals surface area contributed by atoms with E-state index >= 15 is 0 Å². The van der Waals surface area contributed by atoms with E-state index in [1.54, 1.807) is 23.1 Å². The van der Waals surface area contributed by atoms with Gasteiger partial charge >= 0.3 is 0 Å². The highest BCUT2D eigenvalue weighted by Gasteiger charge is 2.55. The van der Waals surface area contributed by atoms with Gasteiger partial charge in [-0.25, -0.2) is 4.39 Å². The maximum Gasteiger partial charge on any atom is 0.241 e. The van der Waals surface area contributed by atoms with Crippen LogP contribution in [-0.4, -0.2) is 79.1 Å². The molecule has 0 aromatic heterocycles. The Balaban J connectivity index is 1.53. The fourth-order valence-electron chi connectivity index (χ4n) is 4.75. The molecule has 2 aliphatic rings. The number of aromatic hydroxyl groups is 1. The Morgan fingerprint density at radius 2 is 1.74 bits per heavy atom. The number of hydrogen-bond donors (Lipinski definition) is 1. The zero-order valence-corrected chi connectivity index (χ0v) is 19.1. The van der Waals surface area contributed by atoms with Gasteiger partial charge in [0, 0.05) is 57.4 Å². The van der Waals surface area contributed by atoms with Gasteiger partial charge in [-0.1, -0.05) is 18.2 Å². The van der Waals surface area contributed by atoms with Gasteiger partial charge in [0.15, 0.2) is 0 Å². The number of methoxy groups -OCH3 is 1. The van der Waals surface area contributed by atoms with Crippen LogP contribution in [0.25, 0.3) is 0 Å². The molecule has 2 fully saturated rings. The number of phenolic OH excluding ortho intramolecular Hbond substituents is 1. The Bertz CT molecular complexity index is 1070. The number of imide groups is 1. The third-order valence-electron chi connectivity index (χ3n) is 6.62. The first-order valence-electron chi connectivity index (χ1n) is 11.3. The first-order chi connectivity index (χ1) is 16.4. The van der Waals surface area contributed by atoms with E-state index in [0.29, 0.717) is 26.2 Å². The first kappa shape index (κ1) is 23.7. The molecule has 3 amide bonds. The molecule has 1 atom stereocenters. The largest absolute Gasteiger partial charge is 0.508 e. The lowest BCUT2D eigenvalue weighted by Gasteiger charge is -2.37. The number of hydrogen-bond acceptors (Lipinski definition) is 6. The van der Waals surface area contributed by atoms with Gasteiger partial charge in [-0.15, -0.1) is 0 Å². The summed E-state index contributed by atoms with van der Waals surface area (Å²) in [5.41, 5.74) is -0.552. The Morgan fingerprint density at radius 1 is 1.06 bits per heavy atom. The molecular weight excluding hydrogens is 441 g/mol.